The molecular formula is C11H21NO2. The molecule has 2 N–H and O–H groups in total. The smallest absolute Gasteiger partial charge is 0.304 e. The summed E-state index contributed by atoms with van der Waals surface area (Å²) in [5.74, 6) is 0.0471. The Balaban J connectivity index is 2.13. The molecule has 1 atom stereocenters. The molecule has 0 aromatic carbocycles. The fraction of sp³-hybridized carbons (Fsp3) is 0.909. The summed E-state index contributed by atoms with van der Waals surface area (Å²) in [6.45, 7) is 2.78. The first-order chi connectivity index (χ1) is 6.70. The van der Waals surface area contributed by atoms with Crippen LogP contribution in [0.3, 0.4) is 0 Å². The van der Waals surface area contributed by atoms with Crippen LogP contribution < -0.4 is 5.32 Å². The summed E-state index contributed by atoms with van der Waals surface area (Å²) < 4.78 is 0. The van der Waals surface area contributed by atoms with Gasteiger partial charge in [0.2, 0.25) is 0 Å². The van der Waals surface area contributed by atoms with Crippen molar-refractivity contribution in [2.45, 2.75) is 51.5 Å². The third kappa shape index (κ3) is 4.09. The predicted octanol–water partition coefficient (Wildman–Crippen LogP) is 2.02. The van der Waals surface area contributed by atoms with Gasteiger partial charge in [-0.2, -0.15) is 0 Å². The summed E-state index contributed by atoms with van der Waals surface area (Å²) in [5.41, 5.74) is 0. The molecule has 82 valence electrons. The van der Waals surface area contributed by atoms with Crippen molar-refractivity contribution in [3.8, 4) is 0 Å². The number of hydrogen-bond acceptors (Lipinski definition) is 2. The summed E-state index contributed by atoms with van der Waals surface area (Å²) in [4.78, 5) is 10.3. The molecule has 1 saturated carbocycles. The van der Waals surface area contributed by atoms with E-state index >= 15 is 0 Å². The van der Waals surface area contributed by atoms with Gasteiger partial charge in [0.05, 0.1) is 6.42 Å². The van der Waals surface area contributed by atoms with E-state index in [1.807, 2.05) is 0 Å². The molecule has 0 unspecified atom stereocenters. The summed E-state index contributed by atoms with van der Waals surface area (Å²) in [6, 6.07) is 0.481. The number of rotatable bonds is 5. The number of hydrogen-bond donors (Lipinski definition) is 2. The lowest BCUT2D eigenvalue weighted by atomic mass is 9.84. The second kappa shape index (κ2) is 6.02. The minimum absolute atomic E-state index is 0.233. The maximum absolute atomic E-state index is 10.3. The van der Waals surface area contributed by atoms with Crippen molar-refractivity contribution < 1.29 is 9.90 Å². The first-order valence-corrected chi connectivity index (χ1v) is 5.65. The highest BCUT2D eigenvalue weighted by molar-refractivity contribution is 5.66. The zero-order chi connectivity index (χ0) is 10.4. The van der Waals surface area contributed by atoms with Crippen LogP contribution in [0.2, 0.25) is 0 Å². The third-order valence-corrected chi connectivity index (χ3v) is 3.16. The molecule has 0 amide bonds. The summed E-state index contributed by atoms with van der Waals surface area (Å²) in [7, 11) is 0. The first-order valence-electron chi connectivity index (χ1n) is 5.65. The van der Waals surface area contributed by atoms with Crippen molar-refractivity contribution in [3.63, 3.8) is 0 Å². The third-order valence-electron chi connectivity index (χ3n) is 3.16. The van der Waals surface area contributed by atoms with Crippen LogP contribution in [0.1, 0.15) is 45.4 Å². The molecular weight excluding hydrogens is 178 g/mol. The summed E-state index contributed by atoms with van der Waals surface area (Å²) in [6.07, 6.45) is 6.91. The largest absolute Gasteiger partial charge is 0.481 e. The maximum Gasteiger partial charge on any atom is 0.304 e. The minimum Gasteiger partial charge on any atom is -0.481 e. The molecule has 1 rings (SSSR count). The minimum atomic E-state index is -0.714. The van der Waals surface area contributed by atoms with Crippen molar-refractivity contribution in [1.29, 1.82) is 0 Å². The monoisotopic (exact) mass is 199 g/mol. The van der Waals surface area contributed by atoms with Gasteiger partial charge in [-0.15, -0.1) is 0 Å². The Morgan fingerprint density at radius 3 is 2.64 bits per heavy atom. The molecule has 0 bridgehead atoms. The Bertz CT molecular complexity index is 176. The lowest BCUT2D eigenvalue weighted by Gasteiger charge is -2.28. The van der Waals surface area contributed by atoms with E-state index in [1.165, 1.54) is 32.1 Å². The van der Waals surface area contributed by atoms with Gasteiger partial charge in [-0.3, -0.25) is 4.79 Å². The lowest BCUT2D eigenvalue weighted by molar-refractivity contribution is -0.136. The molecule has 0 aromatic heterocycles. The quantitative estimate of drug-likeness (QED) is 0.712. The number of carboxylic acids is 1. The van der Waals surface area contributed by atoms with E-state index in [9.17, 15) is 4.79 Å². The molecule has 1 aliphatic carbocycles. The van der Waals surface area contributed by atoms with Gasteiger partial charge in [-0.05, 0) is 25.7 Å². The highest BCUT2D eigenvalue weighted by atomic mass is 16.4. The van der Waals surface area contributed by atoms with E-state index in [-0.39, 0.29) is 6.42 Å². The van der Waals surface area contributed by atoms with Gasteiger partial charge in [-0.1, -0.05) is 19.3 Å². The number of nitrogens with one attached hydrogen (secondary N) is 1. The first kappa shape index (κ1) is 11.5. The SMILES string of the molecule is C[C@@H](NCCC(=O)O)C1CCCCC1. The van der Waals surface area contributed by atoms with Gasteiger partial charge < -0.3 is 10.4 Å². The molecule has 0 heterocycles. The van der Waals surface area contributed by atoms with Gasteiger partial charge in [0.15, 0.2) is 0 Å². The van der Waals surface area contributed by atoms with Crippen LogP contribution >= 0.6 is 0 Å². The molecule has 0 aliphatic heterocycles. The second-order valence-electron chi connectivity index (χ2n) is 4.28. The Morgan fingerprint density at radius 1 is 1.43 bits per heavy atom. The Morgan fingerprint density at radius 2 is 2.07 bits per heavy atom. The van der Waals surface area contributed by atoms with Crippen LogP contribution in [0.5, 0.6) is 0 Å². The molecule has 0 spiro atoms. The van der Waals surface area contributed by atoms with Crippen molar-refractivity contribution in [1.82, 2.24) is 5.32 Å². The van der Waals surface area contributed by atoms with Gasteiger partial charge in [0, 0.05) is 12.6 Å². The van der Waals surface area contributed by atoms with E-state index in [1.54, 1.807) is 0 Å². The van der Waals surface area contributed by atoms with Crippen molar-refractivity contribution >= 4 is 5.97 Å². The molecule has 1 aliphatic rings. The average Bonchev–Trinajstić information content (AvgIpc) is 2.18. The Hall–Kier alpha value is -0.570. The Kier molecular flexibility index (Phi) is 4.94. The number of aliphatic carboxylic acids is 1. The molecule has 14 heavy (non-hydrogen) atoms. The van der Waals surface area contributed by atoms with Gasteiger partial charge in [0.1, 0.15) is 0 Å². The van der Waals surface area contributed by atoms with Gasteiger partial charge in [0.25, 0.3) is 0 Å². The van der Waals surface area contributed by atoms with E-state index in [0.717, 1.165) is 5.92 Å². The van der Waals surface area contributed by atoms with Crippen LogP contribution in [0.4, 0.5) is 0 Å². The highest BCUT2D eigenvalue weighted by Crippen LogP contribution is 2.26. The fourth-order valence-electron chi connectivity index (χ4n) is 2.21. The van der Waals surface area contributed by atoms with Crippen molar-refractivity contribution in [2.75, 3.05) is 6.54 Å². The van der Waals surface area contributed by atoms with E-state index in [2.05, 4.69) is 12.2 Å². The van der Waals surface area contributed by atoms with Gasteiger partial charge >= 0.3 is 5.97 Å². The van der Waals surface area contributed by atoms with Crippen LogP contribution in [0, 0.1) is 5.92 Å². The van der Waals surface area contributed by atoms with Crippen LogP contribution in [0.15, 0.2) is 0 Å². The number of carbonyl (C=O) groups is 1. The predicted molar refractivity (Wildman–Crippen MR) is 56.3 cm³/mol. The van der Waals surface area contributed by atoms with Crippen molar-refractivity contribution in [3.05, 3.63) is 0 Å². The van der Waals surface area contributed by atoms with E-state index in [0.29, 0.717) is 12.6 Å². The van der Waals surface area contributed by atoms with Crippen molar-refractivity contribution in [2.24, 2.45) is 5.92 Å². The Labute approximate surface area is 85.9 Å². The zero-order valence-electron chi connectivity index (χ0n) is 8.96. The lowest BCUT2D eigenvalue weighted by Crippen LogP contribution is -2.35. The van der Waals surface area contributed by atoms with Crippen LogP contribution in [-0.2, 0) is 4.79 Å². The normalized spacial score (nSPS) is 20.6. The molecule has 1 fully saturated rings. The molecule has 3 nitrogen and oxygen atoms in total. The topological polar surface area (TPSA) is 49.3 Å². The maximum atomic E-state index is 10.3. The molecule has 0 radical (unpaired) electrons. The van der Waals surface area contributed by atoms with E-state index in [4.69, 9.17) is 5.11 Å². The zero-order valence-corrected chi connectivity index (χ0v) is 8.96. The summed E-state index contributed by atoms with van der Waals surface area (Å²) in [5, 5.41) is 11.8. The van der Waals surface area contributed by atoms with Gasteiger partial charge in [-0.25, -0.2) is 0 Å². The number of carboxylic acid groups (broad SMARTS) is 1. The standard InChI is InChI=1S/C11H21NO2/c1-9(12-8-7-11(13)14)10-5-3-2-4-6-10/h9-10,12H,2-8H2,1H3,(H,13,14)/t9-/m1/s1. The summed E-state index contributed by atoms with van der Waals surface area (Å²) >= 11 is 0. The molecule has 0 saturated heterocycles. The van der Waals surface area contributed by atoms with E-state index < -0.39 is 5.97 Å². The molecule has 0 aromatic rings. The average molecular weight is 199 g/mol. The van der Waals surface area contributed by atoms with Crippen LogP contribution in [-0.4, -0.2) is 23.7 Å². The van der Waals surface area contributed by atoms with Crippen LogP contribution in [0.25, 0.3) is 0 Å². The fourth-order valence-corrected chi connectivity index (χ4v) is 2.21. The second-order valence-corrected chi connectivity index (χ2v) is 4.28. The molecule has 3 heteroatoms. The highest BCUT2D eigenvalue weighted by Gasteiger charge is 2.19.